The van der Waals surface area contributed by atoms with Crippen LogP contribution < -0.4 is 16.2 Å². The lowest BCUT2D eigenvalue weighted by atomic mass is 10.3. The molecule has 17 heavy (non-hydrogen) atoms. The maximum atomic E-state index is 9.07. The van der Waals surface area contributed by atoms with Crippen molar-refractivity contribution in [3.63, 3.8) is 0 Å². The van der Waals surface area contributed by atoms with Gasteiger partial charge in [-0.2, -0.15) is 0 Å². The van der Waals surface area contributed by atoms with Gasteiger partial charge in [-0.25, -0.2) is 15.8 Å². The molecule has 1 aromatic heterocycles. The summed E-state index contributed by atoms with van der Waals surface area (Å²) in [4.78, 5) is 10.2. The summed E-state index contributed by atoms with van der Waals surface area (Å²) in [6.45, 7) is 3.60. The van der Waals surface area contributed by atoms with Crippen LogP contribution in [0.1, 0.15) is 19.8 Å². The number of rotatable bonds is 7. The quantitative estimate of drug-likeness (QED) is 0.517. The highest BCUT2D eigenvalue weighted by Crippen LogP contribution is 2.28. The monoisotopic (exact) mass is 303 g/mol. The fourth-order valence-electron chi connectivity index (χ4n) is 1.47. The number of aliphatic hydroxyl groups excluding tert-OH is 1. The Kier molecular flexibility index (Phi) is 6.17. The van der Waals surface area contributed by atoms with Crippen molar-refractivity contribution in [3.8, 4) is 0 Å². The van der Waals surface area contributed by atoms with Gasteiger partial charge in [-0.05, 0) is 22.4 Å². The molecule has 0 unspecified atom stereocenters. The molecular formula is C10H18BrN5O. The van der Waals surface area contributed by atoms with E-state index in [-0.39, 0.29) is 6.61 Å². The molecule has 0 aliphatic carbocycles. The second kappa shape index (κ2) is 7.41. The van der Waals surface area contributed by atoms with E-state index in [0.717, 1.165) is 25.2 Å². The number of hydrogen-bond donors (Lipinski definition) is 3. The van der Waals surface area contributed by atoms with Crippen LogP contribution in [0.5, 0.6) is 0 Å². The van der Waals surface area contributed by atoms with E-state index in [1.165, 1.54) is 6.33 Å². The van der Waals surface area contributed by atoms with Crippen LogP contribution in [0.4, 0.5) is 11.6 Å². The fourth-order valence-corrected chi connectivity index (χ4v) is 2.04. The van der Waals surface area contributed by atoms with Gasteiger partial charge in [0.15, 0.2) is 5.82 Å². The van der Waals surface area contributed by atoms with Gasteiger partial charge in [0, 0.05) is 13.1 Å². The van der Waals surface area contributed by atoms with Gasteiger partial charge < -0.3 is 15.4 Å². The number of hydrazine groups is 1. The minimum atomic E-state index is 0.0888. The van der Waals surface area contributed by atoms with Crippen molar-refractivity contribution in [1.82, 2.24) is 9.97 Å². The summed E-state index contributed by atoms with van der Waals surface area (Å²) in [5.41, 5.74) is 2.50. The highest BCUT2D eigenvalue weighted by Gasteiger charge is 2.14. The zero-order chi connectivity index (χ0) is 12.7. The van der Waals surface area contributed by atoms with Gasteiger partial charge in [0.2, 0.25) is 0 Å². The van der Waals surface area contributed by atoms with Crippen LogP contribution >= 0.6 is 15.9 Å². The third-order valence-corrected chi connectivity index (χ3v) is 3.09. The molecule has 0 amide bonds. The van der Waals surface area contributed by atoms with Gasteiger partial charge in [-0.1, -0.05) is 13.3 Å². The SMILES string of the molecule is CCCCN(CCO)c1ncnc(NN)c1Br. The van der Waals surface area contributed by atoms with Gasteiger partial charge in [0.05, 0.1) is 6.61 Å². The highest BCUT2D eigenvalue weighted by atomic mass is 79.9. The Morgan fingerprint density at radius 1 is 1.47 bits per heavy atom. The molecular weight excluding hydrogens is 286 g/mol. The second-order valence-corrected chi connectivity index (χ2v) is 4.36. The average molecular weight is 304 g/mol. The number of nitrogen functional groups attached to an aromatic ring is 1. The predicted molar refractivity (Wildman–Crippen MR) is 71.7 cm³/mol. The Morgan fingerprint density at radius 3 is 2.82 bits per heavy atom. The first-order valence-electron chi connectivity index (χ1n) is 5.57. The minimum absolute atomic E-state index is 0.0888. The molecule has 0 fully saturated rings. The van der Waals surface area contributed by atoms with Gasteiger partial charge >= 0.3 is 0 Å². The van der Waals surface area contributed by atoms with Crippen LogP contribution in [0.3, 0.4) is 0 Å². The van der Waals surface area contributed by atoms with Crippen molar-refractivity contribution >= 4 is 27.6 Å². The van der Waals surface area contributed by atoms with E-state index in [1.807, 2.05) is 4.90 Å². The van der Waals surface area contributed by atoms with E-state index in [4.69, 9.17) is 10.9 Å². The maximum absolute atomic E-state index is 9.07. The first kappa shape index (κ1) is 14.1. The molecule has 0 spiro atoms. The van der Waals surface area contributed by atoms with Crippen molar-refractivity contribution in [3.05, 3.63) is 10.8 Å². The van der Waals surface area contributed by atoms with Gasteiger partial charge in [-0.15, -0.1) is 0 Å². The average Bonchev–Trinajstić information content (AvgIpc) is 2.35. The molecule has 4 N–H and O–H groups in total. The standard InChI is InChI=1S/C10H18BrN5O/c1-2-3-4-16(5-6-17)10-8(11)9(15-12)13-7-14-10/h7,17H,2-6,12H2,1H3,(H,13,14,15). The molecule has 0 aromatic carbocycles. The lowest BCUT2D eigenvalue weighted by Crippen LogP contribution is -2.29. The smallest absolute Gasteiger partial charge is 0.159 e. The summed E-state index contributed by atoms with van der Waals surface area (Å²) >= 11 is 3.41. The molecule has 0 aliphatic rings. The third-order valence-electron chi connectivity index (χ3n) is 2.36. The first-order chi connectivity index (χ1) is 8.24. The van der Waals surface area contributed by atoms with Crippen LogP contribution in [0, 0.1) is 0 Å². The van der Waals surface area contributed by atoms with Crippen molar-refractivity contribution in [2.45, 2.75) is 19.8 Å². The summed E-state index contributed by atoms with van der Waals surface area (Å²) in [5.74, 6) is 6.64. The molecule has 0 saturated heterocycles. The maximum Gasteiger partial charge on any atom is 0.159 e. The molecule has 0 bridgehead atoms. The minimum Gasteiger partial charge on any atom is -0.395 e. The molecule has 0 aliphatic heterocycles. The number of aliphatic hydroxyl groups is 1. The Hall–Kier alpha value is -0.920. The molecule has 6 nitrogen and oxygen atoms in total. The molecule has 7 heteroatoms. The molecule has 1 heterocycles. The first-order valence-corrected chi connectivity index (χ1v) is 6.36. The van der Waals surface area contributed by atoms with Crippen molar-refractivity contribution in [1.29, 1.82) is 0 Å². The number of anilines is 2. The zero-order valence-electron chi connectivity index (χ0n) is 9.86. The van der Waals surface area contributed by atoms with Gasteiger partial charge in [0.25, 0.3) is 0 Å². The fraction of sp³-hybridized carbons (Fsp3) is 0.600. The summed E-state index contributed by atoms with van der Waals surface area (Å²) in [6, 6.07) is 0. The van der Waals surface area contributed by atoms with E-state index in [1.54, 1.807) is 0 Å². The van der Waals surface area contributed by atoms with E-state index >= 15 is 0 Å². The summed E-state index contributed by atoms with van der Waals surface area (Å²) in [7, 11) is 0. The number of nitrogens with zero attached hydrogens (tertiary/aromatic N) is 3. The Morgan fingerprint density at radius 2 is 2.24 bits per heavy atom. The normalized spacial score (nSPS) is 10.4. The van der Waals surface area contributed by atoms with E-state index in [2.05, 4.69) is 38.2 Å². The molecule has 0 radical (unpaired) electrons. The number of nitrogens with one attached hydrogen (secondary N) is 1. The van der Waals surface area contributed by atoms with E-state index < -0.39 is 0 Å². The summed E-state index contributed by atoms with van der Waals surface area (Å²) in [6.07, 6.45) is 3.58. The largest absolute Gasteiger partial charge is 0.395 e. The van der Waals surface area contributed by atoms with E-state index in [9.17, 15) is 0 Å². The summed E-state index contributed by atoms with van der Waals surface area (Å²) in [5, 5.41) is 9.07. The number of nitrogens with two attached hydrogens (primary N) is 1. The lowest BCUT2D eigenvalue weighted by molar-refractivity contribution is 0.301. The highest BCUT2D eigenvalue weighted by molar-refractivity contribution is 9.10. The molecule has 0 atom stereocenters. The number of hydrogen-bond acceptors (Lipinski definition) is 6. The van der Waals surface area contributed by atoms with E-state index in [0.29, 0.717) is 16.8 Å². The van der Waals surface area contributed by atoms with Crippen LogP contribution in [0.2, 0.25) is 0 Å². The molecule has 0 saturated carbocycles. The second-order valence-electron chi connectivity index (χ2n) is 3.57. The van der Waals surface area contributed by atoms with Gasteiger partial charge in [0.1, 0.15) is 16.6 Å². The molecule has 1 rings (SSSR count). The Bertz CT molecular complexity index is 349. The number of halogens is 1. The van der Waals surface area contributed by atoms with Crippen molar-refractivity contribution < 1.29 is 5.11 Å². The van der Waals surface area contributed by atoms with Crippen LogP contribution in [0.25, 0.3) is 0 Å². The molecule has 1 aromatic rings. The van der Waals surface area contributed by atoms with Crippen LogP contribution in [0.15, 0.2) is 10.8 Å². The molecule has 96 valence electrons. The van der Waals surface area contributed by atoms with Crippen molar-refractivity contribution in [2.24, 2.45) is 5.84 Å². The van der Waals surface area contributed by atoms with Crippen LogP contribution in [-0.2, 0) is 0 Å². The zero-order valence-corrected chi connectivity index (χ0v) is 11.4. The lowest BCUT2D eigenvalue weighted by Gasteiger charge is -2.24. The third kappa shape index (κ3) is 3.79. The van der Waals surface area contributed by atoms with Gasteiger partial charge in [-0.3, -0.25) is 0 Å². The van der Waals surface area contributed by atoms with Crippen LogP contribution in [-0.4, -0.2) is 34.8 Å². The topological polar surface area (TPSA) is 87.3 Å². The number of aromatic nitrogens is 2. The predicted octanol–water partition coefficient (Wildman–Crippen LogP) is 1.12. The summed E-state index contributed by atoms with van der Waals surface area (Å²) < 4.78 is 0.715. The van der Waals surface area contributed by atoms with Crippen molar-refractivity contribution in [2.75, 3.05) is 30.0 Å². The Labute approximate surface area is 109 Å². The Balaban J connectivity index is 2.92. The number of unbranched alkanes of at least 4 members (excludes halogenated alkanes) is 1.